The average molecular weight is 549 g/mol. The highest BCUT2D eigenvalue weighted by Crippen LogP contribution is 2.36. The van der Waals surface area contributed by atoms with Gasteiger partial charge in [-0.15, -0.1) is 0 Å². The van der Waals surface area contributed by atoms with Gasteiger partial charge in [0.15, 0.2) is 0 Å². The standard InChI is InChI=1S/C26H30F6N2O4/c27-25(28,29)21-15-19(16-22(17-21)26(30,31)32)6-13-38-23-4-2-1-3-20(23)5-7-33-8-10-34(11-9-33)12-14-37-18-24(35)36/h1-4,15-17H,5-14,18H2,(H,35,36). The summed E-state index contributed by atoms with van der Waals surface area (Å²) in [6.45, 7) is 4.71. The van der Waals surface area contributed by atoms with Gasteiger partial charge in [0, 0.05) is 45.7 Å². The Morgan fingerprint density at radius 1 is 0.816 bits per heavy atom. The highest BCUT2D eigenvalue weighted by Gasteiger charge is 2.36. The van der Waals surface area contributed by atoms with Crippen molar-refractivity contribution in [1.82, 2.24) is 9.80 Å². The lowest BCUT2D eigenvalue weighted by Gasteiger charge is -2.34. The van der Waals surface area contributed by atoms with Crippen LogP contribution in [0.4, 0.5) is 26.3 Å². The second-order valence-electron chi connectivity index (χ2n) is 9.00. The summed E-state index contributed by atoms with van der Waals surface area (Å²) in [5, 5.41) is 8.60. The number of halogens is 6. The molecule has 1 aliphatic rings. The highest BCUT2D eigenvalue weighted by atomic mass is 19.4. The molecule has 38 heavy (non-hydrogen) atoms. The SMILES string of the molecule is O=C(O)COCCN1CCN(CCc2ccccc2OCCc2cc(C(F)(F)F)cc(C(F)(F)F)c2)CC1. The van der Waals surface area contributed by atoms with E-state index < -0.39 is 29.4 Å². The van der Waals surface area contributed by atoms with E-state index in [0.29, 0.717) is 25.3 Å². The van der Waals surface area contributed by atoms with Crippen LogP contribution in [0.15, 0.2) is 42.5 Å². The van der Waals surface area contributed by atoms with Gasteiger partial charge in [0.25, 0.3) is 0 Å². The summed E-state index contributed by atoms with van der Waals surface area (Å²) in [7, 11) is 0. The number of rotatable bonds is 12. The van der Waals surface area contributed by atoms with Gasteiger partial charge >= 0.3 is 18.3 Å². The third-order valence-corrected chi connectivity index (χ3v) is 6.21. The smallest absolute Gasteiger partial charge is 0.416 e. The van der Waals surface area contributed by atoms with Crippen molar-refractivity contribution < 1.29 is 45.7 Å². The second-order valence-corrected chi connectivity index (χ2v) is 9.00. The van der Waals surface area contributed by atoms with Crippen molar-refractivity contribution in [3.05, 3.63) is 64.7 Å². The van der Waals surface area contributed by atoms with E-state index in [-0.39, 0.29) is 31.3 Å². The molecular formula is C26H30F6N2O4. The Hall–Kier alpha value is -2.83. The van der Waals surface area contributed by atoms with Crippen LogP contribution in [-0.2, 0) is 34.7 Å². The molecule has 2 aromatic carbocycles. The molecule has 0 spiro atoms. The number of carbonyl (C=O) groups is 1. The van der Waals surface area contributed by atoms with Crippen molar-refractivity contribution in [2.75, 3.05) is 59.1 Å². The van der Waals surface area contributed by atoms with Crippen LogP contribution in [0.1, 0.15) is 22.3 Å². The number of aliphatic carboxylic acids is 1. The van der Waals surface area contributed by atoms with Gasteiger partial charge in [0.1, 0.15) is 12.4 Å². The zero-order valence-corrected chi connectivity index (χ0v) is 20.7. The van der Waals surface area contributed by atoms with Crippen LogP contribution >= 0.6 is 0 Å². The normalized spacial score (nSPS) is 15.5. The molecule has 12 heteroatoms. The maximum absolute atomic E-state index is 13.1. The maximum Gasteiger partial charge on any atom is 0.416 e. The Morgan fingerprint density at radius 3 is 1.97 bits per heavy atom. The fourth-order valence-electron chi connectivity index (χ4n) is 4.16. The zero-order valence-electron chi connectivity index (χ0n) is 20.7. The summed E-state index contributed by atoms with van der Waals surface area (Å²) in [6, 6.07) is 8.79. The lowest BCUT2D eigenvalue weighted by atomic mass is 10.0. The van der Waals surface area contributed by atoms with Crippen LogP contribution in [0, 0.1) is 0 Å². The van der Waals surface area contributed by atoms with Crippen molar-refractivity contribution >= 4 is 5.97 Å². The van der Waals surface area contributed by atoms with Gasteiger partial charge in [0.05, 0.1) is 24.3 Å². The summed E-state index contributed by atoms with van der Waals surface area (Å²) >= 11 is 0. The summed E-state index contributed by atoms with van der Waals surface area (Å²) in [5.74, 6) is -0.449. The highest BCUT2D eigenvalue weighted by molar-refractivity contribution is 5.67. The molecule has 0 unspecified atom stereocenters. The molecule has 210 valence electrons. The number of carboxylic acid groups (broad SMARTS) is 1. The van der Waals surface area contributed by atoms with Gasteiger partial charge in [-0.2, -0.15) is 26.3 Å². The molecule has 0 saturated carbocycles. The molecule has 0 atom stereocenters. The molecule has 1 fully saturated rings. The minimum Gasteiger partial charge on any atom is -0.493 e. The number of benzene rings is 2. The topological polar surface area (TPSA) is 62.2 Å². The van der Waals surface area contributed by atoms with Crippen LogP contribution < -0.4 is 4.74 Å². The van der Waals surface area contributed by atoms with E-state index in [1.54, 1.807) is 12.1 Å². The predicted molar refractivity (Wildman–Crippen MR) is 127 cm³/mol. The molecular weight excluding hydrogens is 518 g/mol. The van der Waals surface area contributed by atoms with Gasteiger partial charge in [-0.25, -0.2) is 4.79 Å². The van der Waals surface area contributed by atoms with Gasteiger partial charge in [0.2, 0.25) is 0 Å². The molecule has 1 heterocycles. The number of nitrogens with zero attached hydrogens (tertiary/aromatic N) is 2. The number of hydrogen-bond donors (Lipinski definition) is 1. The Morgan fingerprint density at radius 2 is 1.39 bits per heavy atom. The molecule has 1 aliphatic heterocycles. The zero-order chi connectivity index (χ0) is 27.8. The monoisotopic (exact) mass is 548 g/mol. The van der Waals surface area contributed by atoms with E-state index in [1.165, 1.54) is 0 Å². The number of piperazine rings is 1. The largest absolute Gasteiger partial charge is 0.493 e. The fraction of sp³-hybridized carbons (Fsp3) is 0.500. The Balaban J connectivity index is 1.50. The fourth-order valence-corrected chi connectivity index (χ4v) is 4.16. The number of alkyl halides is 6. The molecule has 0 amide bonds. The van der Waals surface area contributed by atoms with Crippen LogP contribution in [0.3, 0.4) is 0 Å². The Labute approximate surface area is 216 Å². The van der Waals surface area contributed by atoms with Crippen molar-refractivity contribution in [2.45, 2.75) is 25.2 Å². The molecule has 1 saturated heterocycles. The minimum atomic E-state index is -4.89. The van der Waals surface area contributed by atoms with Gasteiger partial charge in [-0.3, -0.25) is 4.90 Å². The first kappa shape index (κ1) is 29.7. The summed E-state index contributed by atoms with van der Waals surface area (Å²) < 4.78 is 89.5. The Bertz CT molecular complexity index is 1020. The summed E-state index contributed by atoms with van der Waals surface area (Å²) in [4.78, 5) is 15.0. The molecule has 0 aliphatic carbocycles. The number of ether oxygens (including phenoxy) is 2. The lowest BCUT2D eigenvalue weighted by Crippen LogP contribution is -2.47. The van der Waals surface area contributed by atoms with Crippen LogP contribution in [0.2, 0.25) is 0 Å². The van der Waals surface area contributed by atoms with E-state index in [2.05, 4.69) is 9.80 Å². The first-order valence-electron chi connectivity index (χ1n) is 12.1. The number of hydrogen-bond acceptors (Lipinski definition) is 5. The third kappa shape index (κ3) is 9.48. The van der Waals surface area contributed by atoms with Crippen molar-refractivity contribution in [3.63, 3.8) is 0 Å². The van der Waals surface area contributed by atoms with E-state index in [4.69, 9.17) is 14.6 Å². The molecule has 0 radical (unpaired) electrons. The van der Waals surface area contributed by atoms with Gasteiger partial charge in [-0.05, 0) is 41.8 Å². The summed E-state index contributed by atoms with van der Waals surface area (Å²) in [6.07, 6.45) is -9.22. The molecule has 0 aromatic heterocycles. The van der Waals surface area contributed by atoms with Crippen molar-refractivity contribution in [1.29, 1.82) is 0 Å². The van der Waals surface area contributed by atoms with E-state index >= 15 is 0 Å². The molecule has 0 bridgehead atoms. The maximum atomic E-state index is 13.1. The quantitative estimate of drug-likeness (QED) is 0.309. The van der Waals surface area contributed by atoms with Crippen LogP contribution in [0.25, 0.3) is 0 Å². The second kappa shape index (κ2) is 13.3. The predicted octanol–water partition coefficient (Wildman–Crippen LogP) is 4.61. The van der Waals surface area contributed by atoms with Crippen molar-refractivity contribution in [2.24, 2.45) is 0 Å². The Kier molecular flexibility index (Phi) is 10.4. The number of carboxylic acids is 1. The lowest BCUT2D eigenvalue weighted by molar-refractivity contribution is -0.144. The molecule has 1 N–H and O–H groups in total. The first-order chi connectivity index (χ1) is 17.9. The molecule has 6 nitrogen and oxygen atoms in total. The van der Waals surface area contributed by atoms with E-state index in [0.717, 1.165) is 50.4 Å². The average Bonchev–Trinajstić information content (AvgIpc) is 2.85. The van der Waals surface area contributed by atoms with Crippen LogP contribution in [0.5, 0.6) is 5.75 Å². The van der Waals surface area contributed by atoms with E-state index in [1.807, 2.05) is 12.1 Å². The van der Waals surface area contributed by atoms with Gasteiger partial charge in [-0.1, -0.05) is 18.2 Å². The van der Waals surface area contributed by atoms with Crippen LogP contribution in [-0.4, -0.2) is 80.0 Å². The third-order valence-electron chi connectivity index (χ3n) is 6.21. The van der Waals surface area contributed by atoms with Crippen molar-refractivity contribution in [3.8, 4) is 5.75 Å². The molecule has 2 aromatic rings. The minimum absolute atomic E-state index is 0.0712. The molecule has 3 rings (SSSR count). The van der Waals surface area contributed by atoms with E-state index in [9.17, 15) is 31.1 Å². The first-order valence-corrected chi connectivity index (χ1v) is 12.1. The number of para-hydroxylation sites is 1. The summed E-state index contributed by atoms with van der Waals surface area (Å²) in [5.41, 5.74) is -1.88. The van der Waals surface area contributed by atoms with Gasteiger partial charge < -0.3 is 19.5 Å².